The van der Waals surface area contributed by atoms with Crippen LogP contribution < -0.4 is 5.32 Å². The average molecular weight is 526 g/mol. The van der Waals surface area contributed by atoms with Gasteiger partial charge in [-0.3, -0.25) is 14.7 Å². The molecule has 1 atom stereocenters. The number of hydrogen-bond acceptors (Lipinski definition) is 6. The Bertz CT molecular complexity index is 1260. The summed E-state index contributed by atoms with van der Waals surface area (Å²) in [7, 11) is -3.32. The van der Waals surface area contributed by atoms with E-state index in [0.717, 1.165) is 16.0 Å². The fraction of sp³-hybridized carbons (Fsp3) is 0.417. The molecule has 1 unspecified atom stereocenters. The quantitative estimate of drug-likeness (QED) is 0.570. The molecule has 0 saturated carbocycles. The highest BCUT2D eigenvalue weighted by atomic mass is 32.2. The molecule has 0 radical (unpaired) electrons. The summed E-state index contributed by atoms with van der Waals surface area (Å²) in [6, 6.07) is 4.94. The lowest BCUT2D eigenvalue weighted by atomic mass is 9.88. The Morgan fingerprint density at radius 3 is 2.63 bits per heavy atom. The number of carbonyl (C=O) groups is 1. The van der Waals surface area contributed by atoms with E-state index in [2.05, 4.69) is 15.2 Å². The SMILES string of the molecule is CCS(=O)(=O)c1ccc(CNC(=O)c2cc3c(s2)CN(CC2=CC=C(C(F)(F)F)C(C)C2)C3)nc1. The summed E-state index contributed by atoms with van der Waals surface area (Å²) in [5.74, 6) is -0.779. The highest BCUT2D eigenvalue weighted by Gasteiger charge is 2.38. The van der Waals surface area contributed by atoms with Gasteiger partial charge in [-0.15, -0.1) is 11.3 Å². The van der Waals surface area contributed by atoms with Crippen LogP contribution in [0.15, 0.2) is 52.6 Å². The smallest absolute Gasteiger partial charge is 0.346 e. The molecule has 2 aromatic rings. The second-order valence-electron chi connectivity index (χ2n) is 8.83. The number of pyridine rings is 1. The van der Waals surface area contributed by atoms with Gasteiger partial charge in [-0.05, 0) is 36.1 Å². The molecule has 4 rings (SSSR count). The largest absolute Gasteiger partial charge is 0.412 e. The van der Waals surface area contributed by atoms with Crippen LogP contribution in [0.25, 0.3) is 0 Å². The van der Waals surface area contributed by atoms with Gasteiger partial charge in [0.15, 0.2) is 9.84 Å². The molecule has 3 heterocycles. The molecule has 188 valence electrons. The molecular weight excluding hydrogens is 499 g/mol. The standard InChI is InChI=1S/C24H26F3N3O3S2/c1-3-35(32,33)19-6-5-18(28-11-19)10-29-23(31)21-9-17-13-30(14-22(17)34-21)12-16-4-7-20(15(2)8-16)24(25,26)27/h4-7,9,11,15H,3,8,10,12-14H2,1-2H3,(H,29,31). The first-order valence-corrected chi connectivity index (χ1v) is 13.7. The van der Waals surface area contributed by atoms with Crippen molar-refractivity contribution < 1.29 is 26.4 Å². The monoisotopic (exact) mass is 525 g/mol. The molecule has 2 aromatic heterocycles. The van der Waals surface area contributed by atoms with Gasteiger partial charge in [0.05, 0.1) is 27.8 Å². The van der Waals surface area contributed by atoms with Gasteiger partial charge in [0.1, 0.15) is 0 Å². The van der Waals surface area contributed by atoms with E-state index in [1.165, 1.54) is 29.7 Å². The van der Waals surface area contributed by atoms with Crippen molar-refractivity contribution in [2.24, 2.45) is 5.92 Å². The Balaban J connectivity index is 1.31. The summed E-state index contributed by atoms with van der Waals surface area (Å²) in [6.07, 6.45) is 0.195. The fourth-order valence-corrected chi connectivity index (χ4v) is 6.26. The summed E-state index contributed by atoms with van der Waals surface area (Å²) >= 11 is 1.41. The highest BCUT2D eigenvalue weighted by molar-refractivity contribution is 7.91. The van der Waals surface area contributed by atoms with Gasteiger partial charge >= 0.3 is 6.18 Å². The van der Waals surface area contributed by atoms with Crippen molar-refractivity contribution in [1.29, 1.82) is 0 Å². The second kappa shape index (κ2) is 9.87. The molecule has 0 aromatic carbocycles. The molecule has 0 fully saturated rings. The molecule has 0 spiro atoms. The van der Waals surface area contributed by atoms with Crippen molar-refractivity contribution in [1.82, 2.24) is 15.2 Å². The molecule has 6 nitrogen and oxygen atoms in total. The lowest BCUT2D eigenvalue weighted by Crippen LogP contribution is -2.25. The second-order valence-corrected chi connectivity index (χ2v) is 12.2. The van der Waals surface area contributed by atoms with E-state index in [4.69, 9.17) is 0 Å². The van der Waals surface area contributed by atoms with Crippen LogP contribution in [0.2, 0.25) is 0 Å². The summed E-state index contributed by atoms with van der Waals surface area (Å²) in [5, 5.41) is 2.81. The van der Waals surface area contributed by atoms with E-state index in [0.29, 0.717) is 36.6 Å². The average Bonchev–Trinajstić information content (AvgIpc) is 3.35. The molecule has 11 heteroatoms. The van der Waals surface area contributed by atoms with E-state index >= 15 is 0 Å². The minimum absolute atomic E-state index is 0.00199. The Morgan fingerprint density at radius 2 is 2.03 bits per heavy atom. The molecular formula is C24H26F3N3O3S2. The first-order chi connectivity index (χ1) is 16.5. The van der Waals surface area contributed by atoms with Gasteiger partial charge in [-0.2, -0.15) is 13.2 Å². The van der Waals surface area contributed by atoms with E-state index in [1.807, 2.05) is 6.07 Å². The Hall–Kier alpha value is -2.50. The number of alkyl halides is 3. The number of thiophene rings is 1. The number of nitrogens with zero attached hydrogens (tertiary/aromatic N) is 2. The van der Waals surface area contributed by atoms with Gasteiger partial charge in [-0.25, -0.2) is 8.42 Å². The normalized spacial score (nSPS) is 18.7. The molecule has 0 saturated heterocycles. The molecule has 2 aliphatic rings. The van der Waals surface area contributed by atoms with Crippen LogP contribution in [0, 0.1) is 5.92 Å². The number of fused-ring (bicyclic) bond motifs is 1. The number of amides is 1. The third-order valence-electron chi connectivity index (χ3n) is 6.20. The number of rotatable bonds is 7. The summed E-state index contributed by atoms with van der Waals surface area (Å²) in [5.41, 5.74) is 2.11. The Morgan fingerprint density at radius 1 is 1.26 bits per heavy atom. The maximum absolute atomic E-state index is 13.0. The van der Waals surface area contributed by atoms with Crippen molar-refractivity contribution in [3.8, 4) is 0 Å². The van der Waals surface area contributed by atoms with Crippen LogP contribution in [-0.2, 0) is 29.5 Å². The lowest BCUT2D eigenvalue weighted by molar-refractivity contribution is -0.0986. The van der Waals surface area contributed by atoms with E-state index in [-0.39, 0.29) is 23.1 Å². The summed E-state index contributed by atoms with van der Waals surface area (Å²) in [6.45, 7) is 5.26. The van der Waals surface area contributed by atoms with E-state index < -0.39 is 27.5 Å². The number of allylic oxidation sites excluding steroid dienone is 3. The van der Waals surface area contributed by atoms with Crippen LogP contribution in [0.5, 0.6) is 0 Å². The summed E-state index contributed by atoms with van der Waals surface area (Å²) < 4.78 is 62.8. The van der Waals surface area contributed by atoms with Crippen LogP contribution >= 0.6 is 11.3 Å². The van der Waals surface area contributed by atoms with Gasteiger partial charge in [0, 0.05) is 36.3 Å². The molecule has 1 aliphatic carbocycles. The van der Waals surface area contributed by atoms with Crippen molar-refractivity contribution in [2.45, 2.75) is 51.0 Å². The van der Waals surface area contributed by atoms with Crippen molar-refractivity contribution in [3.63, 3.8) is 0 Å². The number of aromatic nitrogens is 1. The minimum atomic E-state index is -4.29. The molecule has 1 amide bonds. The van der Waals surface area contributed by atoms with Crippen LogP contribution in [0.3, 0.4) is 0 Å². The third kappa shape index (κ3) is 5.84. The van der Waals surface area contributed by atoms with Crippen LogP contribution in [0.4, 0.5) is 13.2 Å². The first kappa shape index (κ1) is 25.6. The maximum Gasteiger partial charge on any atom is 0.412 e. The topological polar surface area (TPSA) is 79.4 Å². The van der Waals surface area contributed by atoms with E-state index in [9.17, 15) is 26.4 Å². The predicted molar refractivity (Wildman–Crippen MR) is 128 cm³/mol. The zero-order chi connectivity index (χ0) is 25.4. The molecule has 1 aliphatic heterocycles. The zero-order valence-corrected chi connectivity index (χ0v) is 21.0. The molecule has 1 N–H and O–H groups in total. The van der Waals surface area contributed by atoms with Crippen molar-refractivity contribution >= 4 is 27.1 Å². The van der Waals surface area contributed by atoms with E-state index in [1.54, 1.807) is 26.0 Å². The Kier molecular flexibility index (Phi) is 7.21. The first-order valence-electron chi connectivity index (χ1n) is 11.2. The highest BCUT2D eigenvalue weighted by Crippen LogP contribution is 2.38. The fourth-order valence-electron chi connectivity index (χ4n) is 4.30. The van der Waals surface area contributed by atoms with Crippen LogP contribution in [0.1, 0.15) is 46.1 Å². The minimum Gasteiger partial charge on any atom is -0.346 e. The lowest BCUT2D eigenvalue weighted by Gasteiger charge is -2.26. The van der Waals surface area contributed by atoms with Crippen LogP contribution in [-0.4, -0.2) is 42.7 Å². The van der Waals surface area contributed by atoms with Crippen molar-refractivity contribution in [2.75, 3.05) is 12.3 Å². The molecule has 0 bridgehead atoms. The summed E-state index contributed by atoms with van der Waals surface area (Å²) in [4.78, 5) is 20.7. The zero-order valence-electron chi connectivity index (χ0n) is 19.4. The maximum atomic E-state index is 13.0. The van der Waals surface area contributed by atoms with Gasteiger partial charge in [0.25, 0.3) is 5.91 Å². The number of halogens is 3. The number of nitrogens with one attached hydrogen (secondary N) is 1. The number of carbonyl (C=O) groups excluding carboxylic acids is 1. The van der Waals surface area contributed by atoms with Crippen molar-refractivity contribution in [3.05, 3.63) is 68.7 Å². The van der Waals surface area contributed by atoms with Gasteiger partial charge < -0.3 is 5.32 Å². The predicted octanol–water partition coefficient (Wildman–Crippen LogP) is 4.64. The number of hydrogen-bond donors (Lipinski definition) is 1. The Labute approximate surface area is 206 Å². The van der Waals surface area contributed by atoms with Gasteiger partial charge in [0.2, 0.25) is 0 Å². The number of sulfone groups is 1. The van der Waals surface area contributed by atoms with Gasteiger partial charge in [-0.1, -0.05) is 31.6 Å². The molecule has 35 heavy (non-hydrogen) atoms. The third-order valence-corrected chi connectivity index (χ3v) is 9.08.